The molecule has 0 bridgehead atoms. The third-order valence-corrected chi connectivity index (χ3v) is 9.06. The van der Waals surface area contributed by atoms with Gasteiger partial charge in [-0.05, 0) is 75.6 Å². The molecule has 3 aliphatic rings. The summed E-state index contributed by atoms with van der Waals surface area (Å²) in [7, 11) is 0. The number of nitrogens with zero attached hydrogens (tertiary/aromatic N) is 4. The van der Waals surface area contributed by atoms with E-state index >= 15 is 0 Å². The number of carbonyl (C=O) groups is 1. The highest BCUT2D eigenvalue weighted by Crippen LogP contribution is 2.48. The van der Waals surface area contributed by atoms with Crippen LogP contribution in [0.15, 0.2) is 24.4 Å². The average Bonchev–Trinajstić information content (AvgIpc) is 3.53. The standard InChI is InChI=1S/C28H36Cl2N6O2/c1-15-14-35(10-8-23(15)36-9-4-5-24(36)20-12-21(20)28(37)38)25-13-32-26(16(2)31)27(34-25)33-17(3)19-7-6-18(29)11-22(19)30/h6-7,11,13,15,17,20-21,23-24,31H,4-5,8-10,12,14H2,1-3H3,(H,33,34)(H,37,38)/t15?,17-,20?,21?,23?,24?/m1/s1. The second-order valence-corrected chi connectivity index (χ2v) is 12.0. The molecule has 5 unspecified atom stereocenters. The third kappa shape index (κ3) is 5.49. The number of aromatic nitrogens is 2. The van der Waals surface area contributed by atoms with Crippen molar-refractivity contribution in [1.29, 1.82) is 5.41 Å². The van der Waals surface area contributed by atoms with E-state index < -0.39 is 5.97 Å². The molecule has 204 valence electrons. The molecule has 5 rings (SSSR count). The van der Waals surface area contributed by atoms with Gasteiger partial charge in [0.15, 0.2) is 5.82 Å². The summed E-state index contributed by atoms with van der Waals surface area (Å²) in [4.78, 5) is 25.9. The molecule has 1 aromatic heterocycles. The van der Waals surface area contributed by atoms with Gasteiger partial charge >= 0.3 is 5.97 Å². The van der Waals surface area contributed by atoms with Gasteiger partial charge in [0.2, 0.25) is 0 Å². The van der Waals surface area contributed by atoms with Gasteiger partial charge in [0.25, 0.3) is 0 Å². The van der Waals surface area contributed by atoms with E-state index in [2.05, 4.69) is 27.0 Å². The van der Waals surface area contributed by atoms with Crippen molar-refractivity contribution in [3.05, 3.63) is 45.7 Å². The smallest absolute Gasteiger partial charge is 0.306 e. The number of halogens is 2. The van der Waals surface area contributed by atoms with Crippen LogP contribution in [-0.2, 0) is 4.79 Å². The number of aliphatic carboxylic acids is 1. The first-order valence-electron chi connectivity index (χ1n) is 13.5. The summed E-state index contributed by atoms with van der Waals surface area (Å²) in [6.45, 7) is 8.79. The van der Waals surface area contributed by atoms with Gasteiger partial charge in [-0.3, -0.25) is 9.69 Å². The van der Waals surface area contributed by atoms with Crippen molar-refractivity contribution in [2.45, 2.75) is 64.6 Å². The van der Waals surface area contributed by atoms with Gasteiger partial charge in [-0.15, -0.1) is 0 Å². The van der Waals surface area contributed by atoms with Crippen LogP contribution >= 0.6 is 23.2 Å². The number of likely N-dealkylation sites (tertiary alicyclic amines) is 1. The topological polar surface area (TPSA) is 105 Å². The fourth-order valence-corrected chi connectivity index (χ4v) is 7.06. The Balaban J connectivity index is 1.30. The summed E-state index contributed by atoms with van der Waals surface area (Å²) in [5, 5.41) is 22.3. The lowest BCUT2D eigenvalue weighted by Crippen LogP contribution is -2.52. The minimum absolute atomic E-state index is 0.154. The van der Waals surface area contributed by atoms with Crippen molar-refractivity contribution in [1.82, 2.24) is 14.9 Å². The second kappa shape index (κ2) is 11.0. The lowest BCUT2D eigenvalue weighted by atomic mass is 9.91. The molecular formula is C28H36Cl2N6O2. The molecule has 0 radical (unpaired) electrons. The van der Waals surface area contributed by atoms with Crippen LogP contribution in [0.3, 0.4) is 0 Å². The van der Waals surface area contributed by atoms with Gasteiger partial charge in [0.05, 0.1) is 23.9 Å². The Bertz CT molecular complexity index is 1230. The minimum Gasteiger partial charge on any atom is -0.481 e. The molecule has 6 atom stereocenters. The van der Waals surface area contributed by atoms with Crippen LogP contribution in [0.25, 0.3) is 0 Å². The lowest BCUT2D eigenvalue weighted by Gasteiger charge is -2.44. The predicted molar refractivity (Wildman–Crippen MR) is 152 cm³/mol. The van der Waals surface area contributed by atoms with Crippen LogP contribution in [0, 0.1) is 23.2 Å². The first-order valence-corrected chi connectivity index (χ1v) is 14.3. The van der Waals surface area contributed by atoms with Crippen molar-refractivity contribution in [2.24, 2.45) is 17.8 Å². The highest BCUT2D eigenvalue weighted by atomic mass is 35.5. The Morgan fingerprint density at radius 1 is 1.24 bits per heavy atom. The van der Waals surface area contributed by atoms with Crippen molar-refractivity contribution < 1.29 is 9.90 Å². The van der Waals surface area contributed by atoms with E-state index in [9.17, 15) is 9.90 Å². The van der Waals surface area contributed by atoms with Crippen molar-refractivity contribution >= 4 is 46.5 Å². The number of piperidine rings is 1. The van der Waals surface area contributed by atoms with Crippen LogP contribution in [-0.4, -0.2) is 63.4 Å². The molecule has 2 aromatic rings. The summed E-state index contributed by atoms with van der Waals surface area (Å²) >= 11 is 12.5. The van der Waals surface area contributed by atoms with Gasteiger partial charge in [-0.2, -0.15) is 0 Å². The quantitative estimate of drug-likeness (QED) is 0.354. The normalized spacial score (nSPS) is 28.2. The van der Waals surface area contributed by atoms with Crippen LogP contribution in [0.2, 0.25) is 10.0 Å². The van der Waals surface area contributed by atoms with Crippen molar-refractivity contribution in [2.75, 3.05) is 29.9 Å². The Morgan fingerprint density at radius 3 is 2.68 bits per heavy atom. The lowest BCUT2D eigenvalue weighted by molar-refractivity contribution is -0.139. The fourth-order valence-electron chi connectivity index (χ4n) is 6.49. The molecule has 1 aliphatic carbocycles. The molecule has 2 aliphatic heterocycles. The van der Waals surface area contributed by atoms with E-state index in [-0.39, 0.29) is 12.0 Å². The third-order valence-electron chi connectivity index (χ3n) is 8.50. The first kappa shape index (κ1) is 27.2. The molecule has 8 nitrogen and oxygen atoms in total. The average molecular weight is 560 g/mol. The molecule has 1 aromatic carbocycles. The van der Waals surface area contributed by atoms with E-state index in [0.717, 1.165) is 56.7 Å². The molecule has 2 saturated heterocycles. The van der Waals surface area contributed by atoms with Crippen molar-refractivity contribution in [3.8, 4) is 0 Å². The summed E-state index contributed by atoms with van der Waals surface area (Å²) in [5.41, 5.74) is 1.76. The molecule has 3 heterocycles. The zero-order valence-electron chi connectivity index (χ0n) is 22.1. The van der Waals surface area contributed by atoms with Crippen molar-refractivity contribution in [3.63, 3.8) is 0 Å². The summed E-state index contributed by atoms with van der Waals surface area (Å²) in [6.07, 6.45) is 5.87. The summed E-state index contributed by atoms with van der Waals surface area (Å²) in [5.74, 6) is 1.30. The van der Waals surface area contributed by atoms with Gasteiger partial charge in [0.1, 0.15) is 11.5 Å². The maximum atomic E-state index is 11.5. The number of nitrogens with one attached hydrogen (secondary N) is 2. The summed E-state index contributed by atoms with van der Waals surface area (Å²) in [6, 6.07) is 6.14. The number of anilines is 2. The zero-order chi connectivity index (χ0) is 27.1. The molecule has 0 spiro atoms. The van der Waals surface area contributed by atoms with Crippen LogP contribution in [0.4, 0.5) is 11.6 Å². The number of hydrogen-bond acceptors (Lipinski definition) is 7. The van der Waals surface area contributed by atoms with E-state index in [1.54, 1.807) is 19.2 Å². The van der Waals surface area contributed by atoms with Crippen LogP contribution in [0.5, 0.6) is 0 Å². The maximum absolute atomic E-state index is 11.5. The highest BCUT2D eigenvalue weighted by molar-refractivity contribution is 6.35. The van der Waals surface area contributed by atoms with Crippen LogP contribution in [0.1, 0.15) is 63.8 Å². The number of carboxylic acids is 1. The molecule has 3 N–H and O–H groups in total. The Hall–Kier alpha value is -2.42. The monoisotopic (exact) mass is 558 g/mol. The molecule has 3 fully saturated rings. The zero-order valence-corrected chi connectivity index (χ0v) is 23.6. The van der Waals surface area contributed by atoms with Gasteiger partial charge < -0.3 is 20.7 Å². The van der Waals surface area contributed by atoms with E-state index in [4.69, 9.17) is 33.6 Å². The Labute approximate surface area is 234 Å². The number of carboxylic acid groups (broad SMARTS) is 1. The van der Waals surface area contributed by atoms with E-state index in [1.165, 1.54) is 0 Å². The van der Waals surface area contributed by atoms with Gasteiger partial charge in [0, 0.05) is 35.2 Å². The van der Waals surface area contributed by atoms with E-state index in [1.807, 2.05) is 19.1 Å². The SMILES string of the molecule is CC(=N)c1ncc(N2CCC(N3CCCC3C3CC3C(=O)O)C(C)C2)nc1N[C@H](C)c1ccc(Cl)cc1Cl. The van der Waals surface area contributed by atoms with E-state index in [0.29, 0.717) is 51.2 Å². The molecule has 0 amide bonds. The highest BCUT2D eigenvalue weighted by Gasteiger charge is 2.52. The largest absolute Gasteiger partial charge is 0.481 e. The molecule has 1 saturated carbocycles. The maximum Gasteiger partial charge on any atom is 0.306 e. The van der Waals surface area contributed by atoms with Crippen LogP contribution < -0.4 is 10.2 Å². The first-order chi connectivity index (χ1) is 18.1. The number of benzene rings is 1. The number of hydrogen-bond donors (Lipinski definition) is 3. The Morgan fingerprint density at radius 2 is 2.03 bits per heavy atom. The predicted octanol–water partition coefficient (Wildman–Crippen LogP) is 5.74. The molecule has 10 heteroatoms. The van der Waals surface area contributed by atoms with Gasteiger partial charge in [-0.25, -0.2) is 9.97 Å². The molecular weight excluding hydrogens is 523 g/mol. The molecule has 38 heavy (non-hydrogen) atoms. The minimum atomic E-state index is -0.635. The fraction of sp³-hybridized carbons (Fsp3) is 0.571. The van der Waals surface area contributed by atoms with Gasteiger partial charge in [-0.1, -0.05) is 36.2 Å². The Kier molecular flexibility index (Phi) is 7.85. The number of rotatable bonds is 8. The summed E-state index contributed by atoms with van der Waals surface area (Å²) < 4.78 is 0. The second-order valence-electron chi connectivity index (χ2n) is 11.2.